The van der Waals surface area contributed by atoms with Crippen molar-refractivity contribution in [1.82, 2.24) is 20.9 Å². The average Bonchev–Trinajstić information content (AvgIpc) is 3.23. The number of pyridine rings is 1. The van der Waals surface area contributed by atoms with E-state index in [1.54, 1.807) is 48.5 Å². The van der Waals surface area contributed by atoms with Crippen LogP contribution < -0.4 is 31.9 Å². The fourth-order valence-corrected chi connectivity index (χ4v) is 5.35. The van der Waals surface area contributed by atoms with Gasteiger partial charge in [0.05, 0.1) is 0 Å². The number of anilines is 3. The summed E-state index contributed by atoms with van der Waals surface area (Å²) in [5.74, 6) is -3.19. The maximum atomic E-state index is 11.9. The third-order valence-corrected chi connectivity index (χ3v) is 8.55. The number of carbonyl (C=O) groups excluding carboxylic acids is 3. The van der Waals surface area contributed by atoms with E-state index in [0.717, 1.165) is 16.7 Å². The highest BCUT2D eigenvalue weighted by Crippen LogP contribution is 2.14. The minimum Gasteiger partial charge on any atom is -0.480 e. The van der Waals surface area contributed by atoms with Gasteiger partial charge in [0.15, 0.2) is 0 Å². The van der Waals surface area contributed by atoms with Crippen LogP contribution in [0.5, 0.6) is 0 Å². The van der Waals surface area contributed by atoms with E-state index >= 15 is 0 Å². The smallest absolute Gasteiger partial charge is 0.326 e. The molecular weight excluding hydrogens is 806 g/mol. The zero-order chi connectivity index (χ0) is 44.6. The van der Waals surface area contributed by atoms with Crippen molar-refractivity contribution in [3.05, 3.63) is 155 Å². The highest BCUT2D eigenvalue weighted by molar-refractivity contribution is 6.30. The SMILES string of the molecule is CCC[C@@H](NC(=O)Nc1ccncc1)C(=O)O.Cc1ccc(NC(=O)N[C@H](Cc2ccccc2)C(=O)O)cc1.O=C(Nc1ccc(Cl)cc1)N[C@@H](Cc1ccccc1)C(=O)O. The summed E-state index contributed by atoms with van der Waals surface area (Å²) in [7, 11) is 0. The van der Waals surface area contributed by atoms with Crippen LogP contribution in [-0.2, 0) is 27.2 Å². The molecule has 0 saturated heterocycles. The quantitative estimate of drug-likeness (QED) is 0.0504. The molecule has 1 heterocycles. The summed E-state index contributed by atoms with van der Waals surface area (Å²) in [6, 6.07) is 30.9. The van der Waals surface area contributed by atoms with Crippen LogP contribution in [0.2, 0.25) is 5.02 Å². The molecule has 0 unspecified atom stereocenters. The van der Waals surface area contributed by atoms with Crippen LogP contribution in [0.25, 0.3) is 0 Å². The van der Waals surface area contributed by atoms with Crippen molar-refractivity contribution in [3.63, 3.8) is 0 Å². The Labute approximate surface area is 357 Å². The van der Waals surface area contributed by atoms with Crippen molar-refractivity contribution in [1.29, 1.82) is 0 Å². The number of nitrogens with zero attached hydrogens (tertiary/aromatic N) is 1. The monoisotopic (exact) mass is 853 g/mol. The second kappa shape index (κ2) is 25.8. The molecule has 5 rings (SSSR count). The number of amides is 6. The number of halogens is 1. The van der Waals surface area contributed by atoms with Crippen molar-refractivity contribution in [3.8, 4) is 0 Å². The molecule has 0 radical (unpaired) electrons. The van der Waals surface area contributed by atoms with Gasteiger partial charge in [-0.05, 0) is 73.0 Å². The van der Waals surface area contributed by atoms with E-state index in [1.165, 1.54) is 12.4 Å². The molecule has 1 aromatic heterocycles. The Morgan fingerprint density at radius 3 is 1.26 bits per heavy atom. The van der Waals surface area contributed by atoms with Crippen molar-refractivity contribution in [2.24, 2.45) is 0 Å². The van der Waals surface area contributed by atoms with E-state index in [0.29, 0.717) is 34.9 Å². The molecular formula is C44H48ClN7O9. The maximum Gasteiger partial charge on any atom is 0.326 e. The van der Waals surface area contributed by atoms with Gasteiger partial charge in [-0.2, -0.15) is 0 Å². The van der Waals surface area contributed by atoms with Gasteiger partial charge < -0.3 is 47.2 Å². The van der Waals surface area contributed by atoms with Crippen molar-refractivity contribution in [2.75, 3.05) is 16.0 Å². The number of carbonyl (C=O) groups is 6. The molecule has 0 aliphatic heterocycles. The molecule has 6 amide bonds. The maximum absolute atomic E-state index is 11.9. The molecule has 9 N–H and O–H groups in total. The third kappa shape index (κ3) is 19.2. The van der Waals surface area contributed by atoms with Gasteiger partial charge in [-0.1, -0.05) is 103 Å². The van der Waals surface area contributed by atoms with Crippen LogP contribution in [0.3, 0.4) is 0 Å². The number of aromatic nitrogens is 1. The zero-order valence-corrected chi connectivity index (χ0v) is 34.1. The fraction of sp³-hybridized carbons (Fsp3) is 0.205. The van der Waals surface area contributed by atoms with Crippen molar-refractivity contribution in [2.45, 2.75) is 57.7 Å². The lowest BCUT2D eigenvalue weighted by Crippen LogP contribution is -2.44. The zero-order valence-electron chi connectivity index (χ0n) is 33.4. The Kier molecular flexibility index (Phi) is 20.3. The molecule has 0 aliphatic rings. The molecule has 320 valence electrons. The van der Waals surface area contributed by atoms with Gasteiger partial charge in [-0.3, -0.25) is 4.98 Å². The van der Waals surface area contributed by atoms with Crippen LogP contribution in [0.4, 0.5) is 31.4 Å². The van der Waals surface area contributed by atoms with Gasteiger partial charge in [0, 0.05) is 47.3 Å². The summed E-state index contributed by atoms with van der Waals surface area (Å²) in [6.45, 7) is 3.81. The summed E-state index contributed by atoms with van der Waals surface area (Å²) in [6.07, 6.45) is 4.61. The van der Waals surface area contributed by atoms with Gasteiger partial charge in [0.25, 0.3) is 0 Å². The molecule has 61 heavy (non-hydrogen) atoms. The number of hydrogen-bond acceptors (Lipinski definition) is 7. The topological polar surface area (TPSA) is 248 Å². The highest BCUT2D eigenvalue weighted by Gasteiger charge is 2.22. The second-order valence-electron chi connectivity index (χ2n) is 13.2. The molecule has 17 heteroatoms. The Bertz CT molecular complexity index is 2030. The molecule has 16 nitrogen and oxygen atoms in total. The van der Waals surface area contributed by atoms with E-state index in [4.69, 9.17) is 16.7 Å². The number of rotatable bonds is 15. The third-order valence-electron chi connectivity index (χ3n) is 8.30. The summed E-state index contributed by atoms with van der Waals surface area (Å²) in [4.78, 5) is 72.5. The van der Waals surface area contributed by atoms with Gasteiger partial charge in [0.2, 0.25) is 0 Å². The first kappa shape index (κ1) is 47.9. The predicted molar refractivity (Wildman–Crippen MR) is 233 cm³/mol. The molecule has 0 saturated carbocycles. The molecule has 4 aromatic carbocycles. The molecule has 0 bridgehead atoms. The Balaban J connectivity index is 0.000000247. The number of aliphatic carboxylic acids is 3. The minimum atomic E-state index is -1.09. The average molecular weight is 854 g/mol. The van der Waals surface area contributed by atoms with Crippen LogP contribution >= 0.6 is 11.6 Å². The highest BCUT2D eigenvalue weighted by atomic mass is 35.5. The second-order valence-corrected chi connectivity index (χ2v) is 13.7. The molecule has 0 fully saturated rings. The van der Waals surface area contributed by atoms with Crippen molar-refractivity contribution >= 4 is 64.7 Å². The van der Waals surface area contributed by atoms with Gasteiger partial charge in [-0.25, -0.2) is 28.8 Å². The normalized spacial score (nSPS) is 11.5. The number of carboxylic acid groups (broad SMARTS) is 3. The van der Waals surface area contributed by atoms with E-state index < -0.39 is 54.1 Å². The molecule has 0 spiro atoms. The Morgan fingerprint density at radius 1 is 0.525 bits per heavy atom. The fourth-order valence-electron chi connectivity index (χ4n) is 5.23. The first-order valence-electron chi connectivity index (χ1n) is 18.9. The van der Waals surface area contributed by atoms with E-state index in [2.05, 4.69) is 36.9 Å². The molecule has 5 aromatic rings. The molecule has 0 aliphatic carbocycles. The lowest BCUT2D eigenvalue weighted by Gasteiger charge is -2.15. The van der Waals surface area contributed by atoms with Crippen LogP contribution in [-0.4, -0.2) is 74.4 Å². The number of hydrogen-bond donors (Lipinski definition) is 9. The Morgan fingerprint density at radius 2 is 0.885 bits per heavy atom. The summed E-state index contributed by atoms with van der Waals surface area (Å²) < 4.78 is 0. The number of nitrogens with one attached hydrogen (secondary N) is 6. The van der Waals surface area contributed by atoms with Gasteiger partial charge in [-0.15, -0.1) is 0 Å². The Hall–Kier alpha value is -7.46. The summed E-state index contributed by atoms with van der Waals surface area (Å²) >= 11 is 5.76. The van der Waals surface area contributed by atoms with Crippen LogP contribution in [0.15, 0.2) is 134 Å². The lowest BCUT2D eigenvalue weighted by atomic mass is 10.1. The van der Waals surface area contributed by atoms with Gasteiger partial charge in [0.1, 0.15) is 18.1 Å². The van der Waals surface area contributed by atoms with E-state index in [9.17, 15) is 39.0 Å². The van der Waals surface area contributed by atoms with Crippen LogP contribution in [0, 0.1) is 6.92 Å². The standard InChI is InChI=1S/C17H18N2O3.C16H15ClN2O3.C11H15N3O3/c1-12-7-9-14(10-8-12)18-17(22)19-15(16(20)21)11-13-5-3-2-4-6-13;17-12-6-8-13(9-7-12)18-16(22)19-14(15(20)21)10-11-4-2-1-3-5-11;1-2-3-9(10(15)16)14-11(17)13-8-4-6-12-7-5-8/h2-10,15H,11H2,1H3,(H,20,21)(H2,18,19,22);1-9,14H,10H2,(H,20,21)(H2,18,19,22);4-7,9H,2-3H2,1H3,(H,15,16)(H2,12,13,14,17)/t15-;14-;9-/m101/s1. The summed E-state index contributed by atoms with van der Waals surface area (Å²) in [5.41, 5.74) is 4.49. The lowest BCUT2D eigenvalue weighted by molar-refractivity contribution is -0.140. The van der Waals surface area contributed by atoms with Gasteiger partial charge >= 0.3 is 36.0 Å². The summed E-state index contributed by atoms with van der Waals surface area (Å²) in [5, 5.41) is 42.9. The first-order chi connectivity index (χ1) is 29.2. The number of aryl methyl sites for hydroxylation is 1. The van der Waals surface area contributed by atoms with Crippen molar-refractivity contribution < 1.29 is 44.1 Å². The van der Waals surface area contributed by atoms with Crippen LogP contribution in [0.1, 0.15) is 36.5 Å². The minimum absolute atomic E-state index is 0.213. The number of carboxylic acids is 3. The number of urea groups is 3. The van der Waals surface area contributed by atoms with E-state index in [-0.39, 0.29) is 12.8 Å². The largest absolute Gasteiger partial charge is 0.480 e. The number of benzene rings is 4. The molecule has 3 atom stereocenters. The first-order valence-corrected chi connectivity index (χ1v) is 19.3. The predicted octanol–water partition coefficient (Wildman–Crippen LogP) is 7.43. The van der Waals surface area contributed by atoms with E-state index in [1.807, 2.05) is 86.6 Å².